The number of carboxylic acid groups (broad SMARTS) is 1. The molecule has 0 aromatic heterocycles. The van der Waals surface area contributed by atoms with E-state index < -0.39 is 5.97 Å². The average molecular weight is 257 g/mol. The molecule has 0 aromatic rings. The summed E-state index contributed by atoms with van der Waals surface area (Å²) in [4.78, 5) is 23.9. The number of rotatable bonds is 9. The van der Waals surface area contributed by atoms with Crippen LogP contribution in [0.5, 0.6) is 0 Å². The molecule has 18 heavy (non-hydrogen) atoms. The first-order chi connectivity index (χ1) is 8.49. The summed E-state index contributed by atoms with van der Waals surface area (Å²) in [5, 5.41) is 8.62. The van der Waals surface area contributed by atoms with Crippen molar-refractivity contribution in [2.45, 2.75) is 32.6 Å². The Hall–Kier alpha value is -1.10. The Bertz CT molecular complexity index is 289. The van der Waals surface area contributed by atoms with Crippen molar-refractivity contribution in [3.8, 4) is 0 Å². The van der Waals surface area contributed by atoms with Crippen LogP contribution in [0.25, 0.3) is 0 Å². The van der Waals surface area contributed by atoms with E-state index in [1.807, 2.05) is 0 Å². The van der Waals surface area contributed by atoms with Crippen molar-refractivity contribution < 1.29 is 19.4 Å². The zero-order chi connectivity index (χ0) is 13.5. The van der Waals surface area contributed by atoms with Gasteiger partial charge in [-0.1, -0.05) is 6.92 Å². The highest BCUT2D eigenvalue weighted by Crippen LogP contribution is 2.28. The van der Waals surface area contributed by atoms with Gasteiger partial charge in [0.15, 0.2) is 0 Å². The fourth-order valence-corrected chi connectivity index (χ4v) is 1.68. The van der Waals surface area contributed by atoms with Crippen LogP contribution in [0.2, 0.25) is 0 Å². The first-order valence-corrected chi connectivity index (χ1v) is 6.52. The summed E-state index contributed by atoms with van der Waals surface area (Å²) in [6.45, 7) is 3.72. The number of hydrogen-bond acceptors (Lipinski definition) is 3. The number of amides is 1. The van der Waals surface area contributed by atoms with E-state index in [-0.39, 0.29) is 24.7 Å². The fourth-order valence-electron chi connectivity index (χ4n) is 1.68. The van der Waals surface area contributed by atoms with Crippen molar-refractivity contribution in [1.82, 2.24) is 4.90 Å². The molecule has 5 heteroatoms. The summed E-state index contributed by atoms with van der Waals surface area (Å²) >= 11 is 0. The van der Waals surface area contributed by atoms with Gasteiger partial charge in [0.2, 0.25) is 5.91 Å². The molecule has 0 radical (unpaired) electrons. The highest BCUT2D eigenvalue weighted by molar-refractivity contribution is 5.77. The number of nitrogens with zero attached hydrogens (tertiary/aromatic N) is 1. The molecule has 0 aliphatic heterocycles. The zero-order valence-electron chi connectivity index (χ0n) is 11.2. The van der Waals surface area contributed by atoms with Gasteiger partial charge < -0.3 is 14.7 Å². The van der Waals surface area contributed by atoms with Crippen molar-refractivity contribution in [2.24, 2.45) is 11.8 Å². The first kappa shape index (κ1) is 15.0. The molecule has 1 N–H and O–H groups in total. The van der Waals surface area contributed by atoms with Gasteiger partial charge in [-0.25, -0.2) is 0 Å². The van der Waals surface area contributed by atoms with Crippen LogP contribution in [0, 0.1) is 11.8 Å². The maximum Gasteiger partial charge on any atom is 0.303 e. The Morgan fingerprint density at radius 2 is 2.06 bits per heavy atom. The molecule has 1 saturated carbocycles. The third kappa shape index (κ3) is 6.59. The molecule has 0 saturated heterocycles. The lowest BCUT2D eigenvalue weighted by atomic mass is 10.0. The lowest BCUT2D eigenvalue weighted by molar-refractivity contribution is -0.138. The van der Waals surface area contributed by atoms with Gasteiger partial charge in [0, 0.05) is 33.0 Å². The minimum Gasteiger partial charge on any atom is -0.481 e. The number of ether oxygens (including phenoxy) is 1. The summed E-state index contributed by atoms with van der Waals surface area (Å²) in [5.41, 5.74) is 0. The maximum absolute atomic E-state index is 11.8. The van der Waals surface area contributed by atoms with Crippen LogP contribution in [0.4, 0.5) is 0 Å². The summed E-state index contributed by atoms with van der Waals surface area (Å²) in [5.74, 6) is -0.254. The Morgan fingerprint density at radius 3 is 2.61 bits per heavy atom. The number of carbonyl (C=O) groups is 2. The number of carbonyl (C=O) groups excluding carboxylic acids is 1. The predicted molar refractivity (Wildman–Crippen MR) is 67.2 cm³/mol. The maximum atomic E-state index is 11.8. The Kier molecular flexibility index (Phi) is 6.12. The van der Waals surface area contributed by atoms with E-state index in [9.17, 15) is 9.59 Å². The molecule has 0 bridgehead atoms. The second-order valence-corrected chi connectivity index (χ2v) is 5.24. The van der Waals surface area contributed by atoms with Crippen LogP contribution in [0.3, 0.4) is 0 Å². The molecule has 1 aliphatic rings. The van der Waals surface area contributed by atoms with Gasteiger partial charge in [-0.3, -0.25) is 9.59 Å². The van der Waals surface area contributed by atoms with Gasteiger partial charge in [-0.05, 0) is 24.7 Å². The molecule has 1 amide bonds. The minimum absolute atomic E-state index is 0.0150. The SMILES string of the molecule is CC(CC(=O)O)CC(=O)N(C)CCOCC1CC1. The molecule has 1 aliphatic carbocycles. The number of aliphatic carboxylic acids is 1. The summed E-state index contributed by atoms with van der Waals surface area (Å²) < 4.78 is 5.46. The van der Waals surface area contributed by atoms with Crippen molar-refractivity contribution >= 4 is 11.9 Å². The van der Waals surface area contributed by atoms with Crippen molar-refractivity contribution in [3.63, 3.8) is 0 Å². The zero-order valence-corrected chi connectivity index (χ0v) is 11.2. The molecule has 0 aromatic carbocycles. The van der Waals surface area contributed by atoms with E-state index in [1.165, 1.54) is 12.8 Å². The largest absolute Gasteiger partial charge is 0.481 e. The van der Waals surface area contributed by atoms with Crippen LogP contribution in [0.1, 0.15) is 32.6 Å². The normalized spacial score (nSPS) is 16.3. The summed E-state index contributed by atoms with van der Waals surface area (Å²) in [6, 6.07) is 0. The van der Waals surface area contributed by atoms with E-state index in [1.54, 1.807) is 18.9 Å². The van der Waals surface area contributed by atoms with Crippen LogP contribution in [-0.2, 0) is 14.3 Å². The number of carboxylic acids is 1. The van der Waals surface area contributed by atoms with Crippen LogP contribution in [0.15, 0.2) is 0 Å². The molecule has 1 unspecified atom stereocenters. The minimum atomic E-state index is -0.856. The van der Waals surface area contributed by atoms with E-state index in [0.717, 1.165) is 12.5 Å². The van der Waals surface area contributed by atoms with Gasteiger partial charge >= 0.3 is 5.97 Å². The first-order valence-electron chi connectivity index (χ1n) is 6.52. The van der Waals surface area contributed by atoms with Crippen molar-refractivity contribution in [2.75, 3.05) is 26.8 Å². The highest BCUT2D eigenvalue weighted by atomic mass is 16.5. The summed E-state index contributed by atoms with van der Waals surface area (Å²) in [7, 11) is 1.73. The van der Waals surface area contributed by atoms with E-state index >= 15 is 0 Å². The standard InChI is InChI=1S/C13H23NO4/c1-10(8-13(16)17)7-12(15)14(2)5-6-18-9-11-3-4-11/h10-11H,3-9H2,1-2H3,(H,16,17). The molecule has 0 heterocycles. The molecular formula is C13H23NO4. The third-order valence-corrected chi connectivity index (χ3v) is 3.09. The predicted octanol–water partition coefficient (Wildman–Crippen LogP) is 1.37. The molecular weight excluding hydrogens is 234 g/mol. The Labute approximate surface area is 108 Å². The number of hydrogen-bond donors (Lipinski definition) is 1. The highest BCUT2D eigenvalue weighted by Gasteiger charge is 2.21. The smallest absolute Gasteiger partial charge is 0.303 e. The van der Waals surface area contributed by atoms with Crippen LogP contribution < -0.4 is 0 Å². The number of likely N-dealkylation sites (N-methyl/N-ethyl adjacent to an activating group) is 1. The third-order valence-electron chi connectivity index (χ3n) is 3.09. The van der Waals surface area contributed by atoms with Crippen LogP contribution >= 0.6 is 0 Å². The molecule has 1 fully saturated rings. The topological polar surface area (TPSA) is 66.8 Å². The van der Waals surface area contributed by atoms with Gasteiger partial charge in [-0.15, -0.1) is 0 Å². The van der Waals surface area contributed by atoms with Crippen molar-refractivity contribution in [1.29, 1.82) is 0 Å². The van der Waals surface area contributed by atoms with Gasteiger partial charge in [0.1, 0.15) is 0 Å². The van der Waals surface area contributed by atoms with Gasteiger partial charge in [0.05, 0.1) is 6.61 Å². The fraction of sp³-hybridized carbons (Fsp3) is 0.846. The van der Waals surface area contributed by atoms with E-state index in [0.29, 0.717) is 13.2 Å². The molecule has 1 rings (SSSR count). The Balaban J connectivity index is 2.08. The molecule has 0 spiro atoms. The second-order valence-electron chi connectivity index (χ2n) is 5.24. The summed E-state index contributed by atoms with van der Waals surface area (Å²) in [6.07, 6.45) is 2.85. The molecule has 104 valence electrons. The van der Waals surface area contributed by atoms with Gasteiger partial charge in [-0.2, -0.15) is 0 Å². The lowest BCUT2D eigenvalue weighted by Gasteiger charge is -2.19. The van der Waals surface area contributed by atoms with Crippen molar-refractivity contribution in [3.05, 3.63) is 0 Å². The Morgan fingerprint density at radius 1 is 1.39 bits per heavy atom. The van der Waals surface area contributed by atoms with Gasteiger partial charge in [0.25, 0.3) is 0 Å². The molecule has 5 nitrogen and oxygen atoms in total. The second kappa shape index (κ2) is 7.36. The quantitative estimate of drug-likeness (QED) is 0.634. The van der Waals surface area contributed by atoms with E-state index in [2.05, 4.69) is 0 Å². The monoisotopic (exact) mass is 257 g/mol. The van der Waals surface area contributed by atoms with E-state index in [4.69, 9.17) is 9.84 Å². The average Bonchev–Trinajstić information content (AvgIpc) is 3.06. The van der Waals surface area contributed by atoms with Crippen LogP contribution in [-0.4, -0.2) is 48.7 Å². The molecule has 1 atom stereocenters. The lowest BCUT2D eigenvalue weighted by Crippen LogP contribution is -2.31.